The highest BCUT2D eigenvalue weighted by Gasteiger charge is 2.66. The number of ether oxygens (including phenoxy) is 1. The number of likely N-dealkylation sites (tertiary alicyclic amines) is 1. The highest BCUT2D eigenvalue weighted by Crippen LogP contribution is 2.60. The zero-order chi connectivity index (χ0) is 21.6. The molecule has 6 atom stereocenters. The van der Waals surface area contributed by atoms with Crippen molar-refractivity contribution >= 4 is 72.8 Å². The summed E-state index contributed by atoms with van der Waals surface area (Å²) < 4.78 is 4.97. The van der Waals surface area contributed by atoms with Crippen molar-refractivity contribution in [1.82, 2.24) is 4.90 Å². The Labute approximate surface area is 195 Å². The second kappa shape index (κ2) is 8.59. The summed E-state index contributed by atoms with van der Waals surface area (Å²) in [5.74, 6) is -1.87. The van der Waals surface area contributed by atoms with Gasteiger partial charge < -0.3 is 10.1 Å². The monoisotopic (exact) mass is 560 g/mol. The minimum atomic E-state index is -0.640. The minimum Gasteiger partial charge on any atom is -0.456 e. The van der Waals surface area contributed by atoms with E-state index in [2.05, 4.69) is 37.2 Å². The van der Waals surface area contributed by atoms with Crippen LogP contribution >= 0.6 is 43.5 Å². The Morgan fingerprint density at radius 2 is 1.63 bits per heavy atom. The van der Waals surface area contributed by atoms with E-state index in [-0.39, 0.29) is 58.1 Å². The molecule has 0 aromatic heterocycles. The number of rotatable bonds is 6. The molecular weight excluding hydrogens is 543 g/mol. The molecule has 0 spiro atoms. The van der Waals surface area contributed by atoms with Crippen molar-refractivity contribution in [2.75, 3.05) is 18.5 Å². The Morgan fingerprint density at radius 1 is 1.07 bits per heavy atom. The van der Waals surface area contributed by atoms with Gasteiger partial charge in [0.25, 0.3) is 5.91 Å². The van der Waals surface area contributed by atoms with E-state index in [1.807, 2.05) is 0 Å². The predicted octanol–water partition coefficient (Wildman–Crippen LogP) is 2.99. The fraction of sp³-hybridized carbons (Fsp3) is 0.500. The third-order valence-electron chi connectivity index (χ3n) is 6.11. The molecule has 4 rings (SSSR count). The summed E-state index contributed by atoms with van der Waals surface area (Å²) >= 11 is 13.1. The summed E-state index contributed by atoms with van der Waals surface area (Å²) in [5.41, 5.74) is 0.532. The number of alkyl halides is 2. The van der Waals surface area contributed by atoms with Crippen LogP contribution in [0.5, 0.6) is 0 Å². The van der Waals surface area contributed by atoms with Crippen LogP contribution in [0.15, 0.2) is 24.3 Å². The standard InChI is InChI=1S/C20H19Br2ClN2O5/c21-17-11-7-12(18(17)22)16-15(11)19(28)25(20(16)29)6-5-14(27)30-8-13(26)24-10-3-1-9(23)2-4-10/h1-4,11-12,15-18H,5-8H2,(H,24,26)/t11-,12-,15-,16+,17+,18+/m1/s1. The van der Waals surface area contributed by atoms with E-state index in [9.17, 15) is 19.2 Å². The van der Waals surface area contributed by atoms with Gasteiger partial charge in [-0.2, -0.15) is 0 Å². The van der Waals surface area contributed by atoms with Crippen LogP contribution in [0.3, 0.4) is 0 Å². The summed E-state index contributed by atoms with van der Waals surface area (Å²) in [6, 6.07) is 6.52. The summed E-state index contributed by atoms with van der Waals surface area (Å²) in [6.45, 7) is -0.475. The molecule has 7 nitrogen and oxygen atoms in total. The van der Waals surface area contributed by atoms with E-state index in [4.69, 9.17) is 16.3 Å². The highest BCUT2D eigenvalue weighted by molar-refractivity contribution is 9.12. The Balaban J connectivity index is 1.25. The quantitative estimate of drug-likeness (QED) is 0.327. The molecule has 30 heavy (non-hydrogen) atoms. The first-order valence-electron chi connectivity index (χ1n) is 9.62. The number of hydrogen-bond acceptors (Lipinski definition) is 5. The van der Waals surface area contributed by atoms with Crippen LogP contribution in [-0.2, 0) is 23.9 Å². The van der Waals surface area contributed by atoms with E-state index in [1.165, 1.54) is 4.90 Å². The van der Waals surface area contributed by atoms with Crippen LogP contribution in [0.25, 0.3) is 0 Å². The average molecular weight is 563 g/mol. The summed E-state index contributed by atoms with van der Waals surface area (Å²) in [6.07, 6.45) is 0.715. The first kappa shape index (κ1) is 21.8. The molecule has 3 fully saturated rings. The lowest BCUT2D eigenvalue weighted by Crippen LogP contribution is -2.37. The van der Waals surface area contributed by atoms with Gasteiger partial charge in [-0.1, -0.05) is 43.5 Å². The van der Waals surface area contributed by atoms with Crippen molar-refractivity contribution in [3.63, 3.8) is 0 Å². The molecule has 1 saturated heterocycles. The Kier molecular flexibility index (Phi) is 6.23. The van der Waals surface area contributed by atoms with Gasteiger partial charge in [-0.05, 0) is 42.5 Å². The van der Waals surface area contributed by atoms with Crippen LogP contribution in [0.2, 0.25) is 5.02 Å². The molecule has 3 aliphatic rings. The normalized spacial score (nSPS) is 31.8. The van der Waals surface area contributed by atoms with Crippen molar-refractivity contribution in [2.45, 2.75) is 22.5 Å². The Bertz CT molecular complexity index is 864. The molecule has 1 heterocycles. The second-order valence-electron chi connectivity index (χ2n) is 7.80. The summed E-state index contributed by atoms with van der Waals surface area (Å²) in [5, 5.41) is 3.13. The maximum absolute atomic E-state index is 12.8. The lowest BCUT2D eigenvalue weighted by atomic mass is 9.81. The third kappa shape index (κ3) is 3.91. The molecule has 1 aromatic carbocycles. The summed E-state index contributed by atoms with van der Waals surface area (Å²) in [7, 11) is 0. The van der Waals surface area contributed by atoms with E-state index in [1.54, 1.807) is 24.3 Å². The first-order chi connectivity index (χ1) is 14.3. The van der Waals surface area contributed by atoms with Gasteiger partial charge in [0, 0.05) is 26.9 Å². The molecule has 160 valence electrons. The lowest BCUT2D eigenvalue weighted by molar-refractivity contribution is -0.149. The number of benzene rings is 1. The predicted molar refractivity (Wildman–Crippen MR) is 116 cm³/mol. The van der Waals surface area contributed by atoms with Gasteiger partial charge in [0.2, 0.25) is 11.8 Å². The minimum absolute atomic E-state index is 0.0261. The fourth-order valence-electron chi connectivity index (χ4n) is 4.78. The van der Waals surface area contributed by atoms with Crippen LogP contribution in [0.1, 0.15) is 12.8 Å². The largest absolute Gasteiger partial charge is 0.456 e. The van der Waals surface area contributed by atoms with Crippen molar-refractivity contribution < 1.29 is 23.9 Å². The fourth-order valence-corrected chi connectivity index (χ4v) is 6.78. The number of fused-ring (bicyclic) bond motifs is 5. The molecule has 1 aliphatic heterocycles. The van der Waals surface area contributed by atoms with Gasteiger partial charge in [0.05, 0.1) is 18.3 Å². The Hall–Kier alpha value is -1.45. The molecule has 3 amide bonds. The van der Waals surface area contributed by atoms with E-state index < -0.39 is 18.5 Å². The molecule has 2 saturated carbocycles. The SMILES string of the molecule is O=C(COC(=O)CCN1C(=O)[C@@H]2[C@H]3C[C@@H]([C@H](Br)[C@H]3Br)[C@@H]2C1=O)Nc1ccc(Cl)cc1. The summed E-state index contributed by atoms with van der Waals surface area (Å²) in [4.78, 5) is 51.0. The van der Waals surface area contributed by atoms with E-state index >= 15 is 0 Å². The van der Waals surface area contributed by atoms with Crippen LogP contribution < -0.4 is 5.32 Å². The molecule has 0 radical (unpaired) electrons. The van der Waals surface area contributed by atoms with Crippen molar-refractivity contribution in [2.24, 2.45) is 23.7 Å². The topological polar surface area (TPSA) is 92.8 Å². The molecule has 2 aliphatic carbocycles. The average Bonchev–Trinajstić information content (AvgIpc) is 3.32. The maximum atomic E-state index is 12.8. The smallest absolute Gasteiger partial charge is 0.308 e. The molecule has 0 unspecified atom stereocenters. The number of carbonyl (C=O) groups is 4. The number of nitrogens with zero attached hydrogens (tertiary/aromatic N) is 1. The number of carbonyl (C=O) groups excluding carboxylic acids is 4. The lowest BCUT2D eigenvalue weighted by Gasteiger charge is -2.28. The van der Waals surface area contributed by atoms with Crippen molar-refractivity contribution in [1.29, 1.82) is 0 Å². The molecular formula is C20H19Br2ClN2O5. The molecule has 2 bridgehead atoms. The number of anilines is 1. The van der Waals surface area contributed by atoms with E-state index in [0.717, 1.165) is 6.42 Å². The number of halogens is 3. The number of imide groups is 1. The number of amides is 3. The van der Waals surface area contributed by atoms with Crippen LogP contribution in [0, 0.1) is 23.7 Å². The van der Waals surface area contributed by atoms with E-state index in [0.29, 0.717) is 10.7 Å². The number of hydrogen-bond donors (Lipinski definition) is 1. The van der Waals surface area contributed by atoms with Crippen LogP contribution in [-0.4, -0.2) is 51.4 Å². The highest BCUT2D eigenvalue weighted by atomic mass is 79.9. The zero-order valence-electron chi connectivity index (χ0n) is 15.7. The Morgan fingerprint density at radius 3 is 2.20 bits per heavy atom. The van der Waals surface area contributed by atoms with Crippen molar-refractivity contribution in [3.8, 4) is 0 Å². The molecule has 1 N–H and O–H groups in total. The van der Waals surface area contributed by atoms with Gasteiger partial charge in [0.15, 0.2) is 6.61 Å². The zero-order valence-corrected chi connectivity index (χ0v) is 19.7. The molecule has 10 heteroatoms. The van der Waals surface area contributed by atoms with Crippen molar-refractivity contribution in [3.05, 3.63) is 29.3 Å². The molecule has 1 aromatic rings. The van der Waals surface area contributed by atoms with Gasteiger partial charge in [-0.15, -0.1) is 0 Å². The van der Waals surface area contributed by atoms with Crippen LogP contribution in [0.4, 0.5) is 5.69 Å². The first-order valence-corrected chi connectivity index (χ1v) is 11.8. The van der Waals surface area contributed by atoms with Gasteiger partial charge >= 0.3 is 5.97 Å². The van der Waals surface area contributed by atoms with Gasteiger partial charge in [-0.25, -0.2) is 0 Å². The van der Waals surface area contributed by atoms with Gasteiger partial charge in [-0.3, -0.25) is 24.1 Å². The third-order valence-corrected chi connectivity index (χ3v) is 9.57. The van der Waals surface area contributed by atoms with Gasteiger partial charge in [0.1, 0.15) is 0 Å². The maximum Gasteiger partial charge on any atom is 0.308 e. The second-order valence-corrected chi connectivity index (χ2v) is 10.3. The number of nitrogens with one attached hydrogen (secondary N) is 1. The number of esters is 1.